The predicted molar refractivity (Wildman–Crippen MR) is 93.4 cm³/mol. The van der Waals surface area contributed by atoms with Crippen LogP contribution in [0.4, 0.5) is 10.5 Å². The van der Waals surface area contributed by atoms with Crippen LogP contribution in [0.2, 0.25) is 5.02 Å². The van der Waals surface area contributed by atoms with E-state index in [1.807, 2.05) is 18.2 Å². The summed E-state index contributed by atoms with van der Waals surface area (Å²) >= 11 is 6.03. The van der Waals surface area contributed by atoms with Gasteiger partial charge in [0.2, 0.25) is 0 Å². The Morgan fingerprint density at radius 2 is 2.04 bits per heavy atom. The maximum atomic E-state index is 12.4. The molecule has 120 valence electrons. The van der Waals surface area contributed by atoms with Crippen LogP contribution in [0.3, 0.4) is 0 Å². The molecule has 2 aromatic carbocycles. The quantitative estimate of drug-likeness (QED) is 0.900. The topological polar surface area (TPSA) is 49.4 Å². The maximum absolute atomic E-state index is 12.4. The van der Waals surface area contributed by atoms with E-state index in [0.29, 0.717) is 28.7 Å². The summed E-state index contributed by atoms with van der Waals surface area (Å²) in [5.41, 5.74) is 2.98. The van der Waals surface area contributed by atoms with Gasteiger partial charge < -0.3 is 10.2 Å². The van der Waals surface area contributed by atoms with E-state index in [1.165, 1.54) is 5.56 Å². The molecule has 0 spiro atoms. The number of halogens is 1. The number of nitrogens with one attached hydrogen (secondary N) is 1. The van der Waals surface area contributed by atoms with Crippen LogP contribution >= 0.6 is 11.6 Å². The van der Waals surface area contributed by atoms with Crippen LogP contribution in [0.1, 0.15) is 11.1 Å². The molecule has 0 radical (unpaired) electrons. The molecule has 0 fully saturated rings. The summed E-state index contributed by atoms with van der Waals surface area (Å²) in [5, 5.41) is 3.56. The Hall–Kier alpha value is -1.85. The molecule has 0 aliphatic carbocycles. The number of hydrogen-bond donors (Lipinski definition) is 1. The first-order valence-electron chi connectivity index (χ1n) is 7.29. The molecule has 1 aliphatic rings. The van der Waals surface area contributed by atoms with E-state index in [1.54, 1.807) is 35.4 Å². The normalized spacial score (nSPS) is 15.0. The smallest absolute Gasteiger partial charge is 0.320 e. The summed E-state index contributed by atoms with van der Waals surface area (Å²) in [4.78, 5) is 14.9. The van der Waals surface area contributed by atoms with Gasteiger partial charge in [0.25, 0.3) is 0 Å². The number of benzene rings is 2. The Kier molecular flexibility index (Phi) is 4.68. The molecular weight excluding hydrogens is 332 g/mol. The lowest BCUT2D eigenvalue weighted by Crippen LogP contribution is -2.38. The van der Waals surface area contributed by atoms with E-state index >= 15 is 0 Å². The first-order chi connectivity index (χ1) is 11.0. The molecule has 1 aliphatic heterocycles. The van der Waals surface area contributed by atoms with Gasteiger partial charge in [-0.15, -0.1) is 0 Å². The molecule has 4 nitrogen and oxygen atoms in total. The number of anilines is 1. The minimum Gasteiger partial charge on any atom is -0.320 e. The number of fused-ring (bicyclic) bond motifs is 1. The third-order valence-corrected chi connectivity index (χ3v) is 5.04. The van der Waals surface area contributed by atoms with Gasteiger partial charge in [0.05, 0.1) is 0 Å². The van der Waals surface area contributed by atoms with Gasteiger partial charge in [0.15, 0.2) is 0 Å². The van der Waals surface area contributed by atoms with E-state index in [0.717, 1.165) is 12.0 Å². The van der Waals surface area contributed by atoms with Crippen LogP contribution in [0.25, 0.3) is 0 Å². The zero-order valence-electron chi connectivity index (χ0n) is 12.7. The predicted octanol–water partition coefficient (Wildman–Crippen LogP) is 3.67. The van der Waals surface area contributed by atoms with Crippen LogP contribution in [-0.2, 0) is 23.8 Å². The van der Waals surface area contributed by atoms with Crippen LogP contribution in [-0.4, -0.2) is 27.9 Å². The highest BCUT2D eigenvalue weighted by molar-refractivity contribution is 7.84. The van der Waals surface area contributed by atoms with Gasteiger partial charge in [-0.25, -0.2) is 4.79 Å². The van der Waals surface area contributed by atoms with E-state index in [9.17, 15) is 9.00 Å². The van der Waals surface area contributed by atoms with Crippen LogP contribution in [0.15, 0.2) is 47.4 Å². The first kappa shape index (κ1) is 16.0. The molecule has 6 heteroatoms. The second-order valence-corrected chi connectivity index (χ2v) is 7.31. The van der Waals surface area contributed by atoms with Crippen molar-refractivity contribution in [3.63, 3.8) is 0 Å². The fraction of sp³-hybridized carbons (Fsp3) is 0.235. The van der Waals surface area contributed by atoms with E-state index in [4.69, 9.17) is 11.6 Å². The number of amides is 2. The molecular formula is C17H17ClN2O2S. The van der Waals surface area contributed by atoms with Crippen molar-refractivity contribution >= 4 is 34.1 Å². The molecule has 1 N–H and O–H groups in total. The lowest BCUT2D eigenvalue weighted by atomic mass is 10.0. The highest BCUT2D eigenvalue weighted by atomic mass is 35.5. The van der Waals surface area contributed by atoms with E-state index in [-0.39, 0.29) is 6.03 Å². The number of carbonyl (C=O) groups is 1. The molecule has 23 heavy (non-hydrogen) atoms. The lowest BCUT2D eigenvalue weighted by molar-refractivity contribution is 0.206. The third kappa shape index (κ3) is 3.74. The number of nitrogens with zero attached hydrogens (tertiary/aromatic N) is 1. The van der Waals surface area contributed by atoms with Gasteiger partial charge in [-0.3, -0.25) is 4.21 Å². The number of hydrogen-bond acceptors (Lipinski definition) is 2. The van der Waals surface area contributed by atoms with Crippen LogP contribution < -0.4 is 5.32 Å². The van der Waals surface area contributed by atoms with Gasteiger partial charge in [0.1, 0.15) is 0 Å². The Morgan fingerprint density at radius 3 is 2.83 bits per heavy atom. The monoisotopic (exact) mass is 348 g/mol. The van der Waals surface area contributed by atoms with Crippen molar-refractivity contribution < 1.29 is 9.00 Å². The molecule has 0 saturated heterocycles. The molecule has 2 aromatic rings. The average molecular weight is 349 g/mol. The highest BCUT2D eigenvalue weighted by Gasteiger charge is 2.21. The Morgan fingerprint density at radius 1 is 1.22 bits per heavy atom. The molecule has 0 bridgehead atoms. The fourth-order valence-corrected chi connectivity index (χ4v) is 3.41. The van der Waals surface area contributed by atoms with Crippen molar-refractivity contribution in [2.45, 2.75) is 17.9 Å². The Bertz CT molecular complexity index is 779. The molecule has 0 saturated carbocycles. The number of carbonyl (C=O) groups excluding carboxylic acids is 1. The summed E-state index contributed by atoms with van der Waals surface area (Å²) in [7, 11) is -1.07. The van der Waals surface area contributed by atoms with Crippen molar-refractivity contribution in [1.82, 2.24) is 4.90 Å². The van der Waals surface area contributed by atoms with Gasteiger partial charge in [-0.05, 0) is 47.9 Å². The Balaban J connectivity index is 1.72. The zero-order valence-corrected chi connectivity index (χ0v) is 14.3. The van der Waals surface area contributed by atoms with Crippen LogP contribution in [0, 0.1) is 0 Å². The second kappa shape index (κ2) is 6.72. The minimum absolute atomic E-state index is 0.158. The summed E-state index contributed by atoms with van der Waals surface area (Å²) in [6.07, 6.45) is 2.44. The number of urea groups is 1. The Labute approximate surface area is 142 Å². The summed E-state index contributed by atoms with van der Waals surface area (Å²) in [6.45, 7) is 1.21. The SMILES string of the molecule is C[S@](=O)c1cccc(NC(=O)N2CCc3ccc(Cl)cc3C2)c1. The summed E-state index contributed by atoms with van der Waals surface area (Å²) < 4.78 is 11.5. The van der Waals surface area contributed by atoms with Crippen molar-refractivity contribution in [2.24, 2.45) is 0 Å². The van der Waals surface area contributed by atoms with E-state index < -0.39 is 10.8 Å². The molecule has 2 amide bonds. The van der Waals surface area contributed by atoms with Crippen LogP contribution in [0.5, 0.6) is 0 Å². The number of rotatable bonds is 2. The minimum atomic E-state index is -1.07. The highest BCUT2D eigenvalue weighted by Crippen LogP contribution is 2.23. The lowest BCUT2D eigenvalue weighted by Gasteiger charge is -2.29. The average Bonchev–Trinajstić information content (AvgIpc) is 2.54. The van der Waals surface area contributed by atoms with E-state index in [2.05, 4.69) is 5.32 Å². The summed E-state index contributed by atoms with van der Waals surface area (Å²) in [5.74, 6) is 0. The maximum Gasteiger partial charge on any atom is 0.322 e. The second-order valence-electron chi connectivity index (χ2n) is 5.50. The molecule has 3 rings (SSSR count). The van der Waals surface area contributed by atoms with Crippen molar-refractivity contribution in [3.05, 3.63) is 58.6 Å². The van der Waals surface area contributed by atoms with Crippen molar-refractivity contribution in [1.29, 1.82) is 0 Å². The van der Waals surface area contributed by atoms with Crippen molar-refractivity contribution in [2.75, 3.05) is 18.1 Å². The van der Waals surface area contributed by atoms with Crippen molar-refractivity contribution in [3.8, 4) is 0 Å². The molecule has 0 unspecified atom stereocenters. The molecule has 1 heterocycles. The fourth-order valence-electron chi connectivity index (χ4n) is 2.65. The first-order valence-corrected chi connectivity index (χ1v) is 9.23. The van der Waals surface area contributed by atoms with Gasteiger partial charge >= 0.3 is 6.03 Å². The zero-order chi connectivity index (χ0) is 16.4. The molecule has 1 atom stereocenters. The standard InChI is InChI=1S/C17H17ClN2O2S/c1-23(22)16-4-2-3-15(10-16)19-17(21)20-8-7-12-5-6-14(18)9-13(12)11-20/h2-6,9-10H,7-8,11H2,1H3,(H,19,21)/t23-/m0/s1. The third-order valence-electron chi connectivity index (χ3n) is 3.89. The molecule has 0 aromatic heterocycles. The van der Waals surface area contributed by atoms with Gasteiger partial charge in [0, 0.05) is 45.8 Å². The van der Waals surface area contributed by atoms with Gasteiger partial charge in [-0.1, -0.05) is 23.7 Å². The largest absolute Gasteiger partial charge is 0.322 e. The summed E-state index contributed by atoms with van der Waals surface area (Å²) in [6, 6.07) is 12.8. The van der Waals surface area contributed by atoms with Gasteiger partial charge in [-0.2, -0.15) is 0 Å².